The summed E-state index contributed by atoms with van der Waals surface area (Å²) in [6.45, 7) is 2.79. The highest BCUT2D eigenvalue weighted by molar-refractivity contribution is 5.70. The van der Waals surface area contributed by atoms with Crippen molar-refractivity contribution in [1.82, 2.24) is 0 Å². The van der Waals surface area contributed by atoms with Gasteiger partial charge in [-0.3, -0.25) is 4.79 Å². The molecule has 1 N–H and O–H groups in total. The Labute approximate surface area is 95.6 Å². The molecule has 0 unspecified atom stereocenters. The largest absolute Gasteiger partial charge is 0.497 e. The van der Waals surface area contributed by atoms with Crippen molar-refractivity contribution in [2.75, 3.05) is 25.6 Å². The molecule has 0 radical (unpaired) electrons. The molecule has 0 aromatic heterocycles. The van der Waals surface area contributed by atoms with E-state index in [1.807, 2.05) is 24.3 Å². The van der Waals surface area contributed by atoms with Gasteiger partial charge in [0.2, 0.25) is 0 Å². The lowest BCUT2D eigenvalue weighted by molar-refractivity contribution is -0.142. The lowest BCUT2D eigenvalue weighted by Crippen LogP contribution is -2.11. The van der Waals surface area contributed by atoms with Crippen LogP contribution in [0, 0.1) is 0 Å². The molecule has 0 aliphatic carbocycles. The Morgan fingerprint density at radius 2 is 2.25 bits per heavy atom. The van der Waals surface area contributed by atoms with Crippen LogP contribution < -0.4 is 10.1 Å². The van der Waals surface area contributed by atoms with Gasteiger partial charge in [-0.2, -0.15) is 0 Å². The lowest BCUT2D eigenvalue weighted by atomic mass is 10.3. The highest BCUT2D eigenvalue weighted by Crippen LogP contribution is 2.16. The minimum atomic E-state index is -0.183. The van der Waals surface area contributed by atoms with E-state index in [0.717, 1.165) is 11.4 Å². The Hall–Kier alpha value is -1.71. The maximum atomic E-state index is 11.1. The molecule has 0 saturated carbocycles. The molecule has 0 spiro atoms. The zero-order valence-electron chi connectivity index (χ0n) is 9.66. The van der Waals surface area contributed by atoms with Crippen molar-refractivity contribution < 1.29 is 14.3 Å². The predicted molar refractivity (Wildman–Crippen MR) is 62.7 cm³/mol. The van der Waals surface area contributed by atoms with Crippen LogP contribution in [0.3, 0.4) is 0 Å². The molecule has 0 heterocycles. The van der Waals surface area contributed by atoms with E-state index in [1.165, 1.54) is 0 Å². The monoisotopic (exact) mass is 223 g/mol. The third kappa shape index (κ3) is 4.21. The first-order valence-electron chi connectivity index (χ1n) is 5.29. The normalized spacial score (nSPS) is 9.62. The zero-order valence-corrected chi connectivity index (χ0v) is 9.66. The molecular weight excluding hydrogens is 206 g/mol. The number of rotatable bonds is 6. The molecule has 0 fully saturated rings. The fourth-order valence-electron chi connectivity index (χ4n) is 1.28. The minimum absolute atomic E-state index is 0.183. The summed E-state index contributed by atoms with van der Waals surface area (Å²) in [6, 6.07) is 7.57. The van der Waals surface area contributed by atoms with Gasteiger partial charge >= 0.3 is 5.97 Å². The van der Waals surface area contributed by atoms with Crippen molar-refractivity contribution in [3.8, 4) is 5.75 Å². The number of esters is 1. The van der Waals surface area contributed by atoms with E-state index in [0.29, 0.717) is 19.6 Å². The second-order valence-electron chi connectivity index (χ2n) is 3.21. The number of benzene rings is 1. The van der Waals surface area contributed by atoms with Gasteiger partial charge in [-0.15, -0.1) is 0 Å². The van der Waals surface area contributed by atoms with Gasteiger partial charge in [-0.1, -0.05) is 6.07 Å². The number of hydrogen-bond donors (Lipinski definition) is 1. The standard InChI is InChI=1S/C12H17NO3/c1-3-16-12(14)7-8-13-10-5-4-6-11(9-10)15-2/h4-6,9,13H,3,7-8H2,1-2H3. The maximum Gasteiger partial charge on any atom is 0.307 e. The van der Waals surface area contributed by atoms with Gasteiger partial charge in [0.15, 0.2) is 0 Å². The van der Waals surface area contributed by atoms with Crippen LogP contribution in [0.2, 0.25) is 0 Å². The van der Waals surface area contributed by atoms with Crippen LogP contribution in [-0.2, 0) is 9.53 Å². The van der Waals surface area contributed by atoms with E-state index in [9.17, 15) is 4.79 Å². The summed E-state index contributed by atoms with van der Waals surface area (Å²) in [5.41, 5.74) is 0.934. The summed E-state index contributed by atoms with van der Waals surface area (Å²) >= 11 is 0. The number of carbonyl (C=O) groups excluding carboxylic acids is 1. The summed E-state index contributed by atoms with van der Waals surface area (Å²) < 4.78 is 9.91. The number of anilines is 1. The van der Waals surface area contributed by atoms with Crippen LogP contribution in [0.25, 0.3) is 0 Å². The molecule has 0 aliphatic rings. The molecule has 0 aliphatic heterocycles. The van der Waals surface area contributed by atoms with E-state index in [4.69, 9.17) is 9.47 Å². The van der Waals surface area contributed by atoms with Crippen LogP contribution in [0.15, 0.2) is 24.3 Å². The number of carbonyl (C=O) groups is 1. The summed E-state index contributed by atoms with van der Waals surface area (Å²) in [5.74, 6) is 0.610. The van der Waals surface area contributed by atoms with Crippen LogP contribution in [0.1, 0.15) is 13.3 Å². The smallest absolute Gasteiger partial charge is 0.307 e. The van der Waals surface area contributed by atoms with Gasteiger partial charge in [0.1, 0.15) is 5.75 Å². The highest BCUT2D eigenvalue weighted by Gasteiger charge is 2.01. The molecule has 88 valence electrons. The second-order valence-corrected chi connectivity index (χ2v) is 3.21. The molecule has 0 saturated heterocycles. The Bertz CT molecular complexity index is 339. The van der Waals surface area contributed by atoms with Crippen molar-refractivity contribution >= 4 is 11.7 Å². The van der Waals surface area contributed by atoms with E-state index in [2.05, 4.69) is 5.32 Å². The summed E-state index contributed by atoms with van der Waals surface area (Å²) in [5, 5.41) is 3.13. The average Bonchev–Trinajstić information content (AvgIpc) is 2.30. The molecule has 4 nitrogen and oxygen atoms in total. The molecule has 0 amide bonds. The van der Waals surface area contributed by atoms with Gasteiger partial charge in [0, 0.05) is 18.3 Å². The summed E-state index contributed by atoms with van der Waals surface area (Å²) in [6.07, 6.45) is 0.366. The number of hydrogen-bond acceptors (Lipinski definition) is 4. The highest BCUT2D eigenvalue weighted by atomic mass is 16.5. The predicted octanol–water partition coefficient (Wildman–Crippen LogP) is 2.06. The molecule has 4 heteroatoms. The molecule has 16 heavy (non-hydrogen) atoms. The minimum Gasteiger partial charge on any atom is -0.497 e. The van der Waals surface area contributed by atoms with Crippen molar-refractivity contribution in [3.05, 3.63) is 24.3 Å². The van der Waals surface area contributed by atoms with Gasteiger partial charge in [-0.05, 0) is 19.1 Å². The first-order chi connectivity index (χ1) is 7.76. The van der Waals surface area contributed by atoms with Crippen molar-refractivity contribution in [2.45, 2.75) is 13.3 Å². The quantitative estimate of drug-likeness (QED) is 0.750. The Morgan fingerprint density at radius 1 is 1.44 bits per heavy atom. The van der Waals surface area contributed by atoms with E-state index in [-0.39, 0.29) is 5.97 Å². The molecular formula is C12H17NO3. The second kappa shape index (κ2) is 6.71. The fraction of sp³-hybridized carbons (Fsp3) is 0.417. The average molecular weight is 223 g/mol. The topological polar surface area (TPSA) is 47.6 Å². The first-order valence-corrected chi connectivity index (χ1v) is 5.29. The van der Waals surface area contributed by atoms with Crippen LogP contribution in [-0.4, -0.2) is 26.2 Å². The molecule has 0 bridgehead atoms. The molecule has 1 aromatic carbocycles. The van der Waals surface area contributed by atoms with Gasteiger partial charge in [0.05, 0.1) is 20.1 Å². The lowest BCUT2D eigenvalue weighted by Gasteiger charge is -2.07. The Kier molecular flexibility index (Phi) is 5.19. The number of ether oxygens (including phenoxy) is 2. The van der Waals surface area contributed by atoms with E-state index in [1.54, 1.807) is 14.0 Å². The fourth-order valence-corrected chi connectivity index (χ4v) is 1.28. The van der Waals surface area contributed by atoms with Crippen LogP contribution in [0.4, 0.5) is 5.69 Å². The number of methoxy groups -OCH3 is 1. The molecule has 0 atom stereocenters. The maximum absolute atomic E-state index is 11.1. The first kappa shape index (κ1) is 12.4. The SMILES string of the molecule is CCOC(=O)CCNc1cccc(OC)c1. The molecule has 1 rings (SSSR count). The van der Waals surface area contributed by atoms with E-state index < -0.39 is 0 Å². The Morgan fingerprint density at radius 3 is 2.94 bits per heavy atom. The van der Waals surface area contributed by atoms with Gasteiger partial charge < -0.3 is 14.8 Å². The van der Waals surface area contributed by atoms with Crippen LogP contribution in [0.5, 0.6) is 5.75 Å². The third-order valence-corrected chi connectivity index (χ3v) is 2.03. The third-order valence-electron chi connectivity index (χ3n) is 2.03. The van der Waals surface area contributed by atoms with Crippen molar-refractivity contribution in [3.63, 3.8) is 0 Å². The van der Waals surface area contributed by atoms with Gasteiger partial charge in [-0.25, -0.2) is 0 Å². The van der Waals surface area contributed by atoms with Crippen LogP contribution >= 0.6 is 0 Å². The van der Waals surface area contributed by atoms with Crippen molar-refractivity contribution in [1.29, 1.82) is 0 Å². The summed E-state index contributed by atoms with van der Waals surface area (Å²) in [7, 11) is 1.62. The molecule has 1 aromatic rings. The zero-order chi connectivity index (χ0) is 11.8. The number of nitrogens with one attached hydrogen (secondary N) is 1. The van der Waals surface area contributed by atoms with Gasteiger partial charge in [0.25, 0.3) is 0 Å². The Balaban J connectivity index is 2.34. The summed E-state index contributed by atoms with van der Waals surface area (Å²) in [4.78, 5) is 11.1. The van der Waals surface area contributed by atoms with Crippen molar-refractivity contribution in [2.24, 2.45) is 0 Å². The van der Waals surface area contributed by atoms with E-state index >= 15 is 0 Å².